The van der Waals surface area contributed by atoms with Crippen molar-refractivity contribution in [2.75, 3.05) is 20.1 Å². The fraction of sp³-hybridized carbons (Fsp3) is 0.588. The molecule has 0 atom stereocenters. The Morgan fingerprint density at radius 1 is 1.28 bits per heavy atom. The Hall–Kier alpha value is -1.58. The molecule has 3 N–H and O–H groups in total. The molecule has 0 aromatic carbocycles. The molecule has 0 aliphatic heterocycles. The first kappa shape index (κ1) is 21.5. The topological polar surface area (TPSA) is 91.1 Å². The average molecular weight is 460 g/mol. The van der Waals surface area contributed by atoms with E-state index in [2.05, 4.69) is 44.7 Å². The molecule has 0 aliphatic carbocycles. The average Bonchev–Trinajstić information content (AvgIpc) is 3.23. The predicted molar refractivity (Wildman–Crippen MR) is 111 cm³/mol. The summed E-state index contributed by atoms with van der Waals surface area (Å²) < 4.78 is 5.28. The van der Waals surface area contributed by atoms with E-state index in [9.17, 15) is 0 Å². The van der Waals surface area contributed by atoms with Crippen molar-refractivity contribution in [2.24, 2.45) is 10.9 Å². The summed E-state index contributed by atoms with van der Waals surface area (Å²) in [5.41, 5.74) is 0. The minimum absolute atomic E-state index is 0. The number of aliphatic imine (C=N–C) groups is 1. The van der Waals surface area contributed by atoms with Gasteiger partial charge in [0.2, 0.25) is 5.82 Å². The Morgan fingerprint density at radius 3 is 2.76 bits per heavy atom. The summed E-state index contributed by atoms with van der Waals surface area (Å²) in [6.45, 7) is 6.19. The van der Waals surface area contributed by atoms with Crippen LogP contribution in [0.25, 0.3) is 11.6 Å². The van der Waals surface area contributed by atoms with E-state index in [1.54, 1.807) is 13.3 Å². The van der Waals surface area contributed by atoms with Crippen molar-refractivity contribution >= 4 is 29.9 Å². The van der Waals surface area contributed by atoms with Crippen LogP contribution >= 0.6 is 24.0 Å². The molecule has 25 heavy (non-hydrogen) atoms. The highest BCUT2D eigenvalue weighted by Crippen LogP contribution is 2.14. The van der Waals surface area contributed by atoms with E-state index >= 15 is 0 Å². The highest BCUT2D eigenvalue weighted by atomic mass is 127. The Kier molecular flexibility index (Phi) is 10.2. The van der Waals surface area contributed by atoms with E-state index < -0.39 is 0 Å². The number of furan rings is 1. The smallest absolute Gasteiger partial charge is 0.216 e. The van der Waals surface area contributed by atoms with Gasteiger partial charge in [-0.3, -0.25) is 10.1 Å². The first-order valence-electron chi connectivity index (χ1n) is 8.58. The van der Waals surface area contributed by atoms with Crippen molar-refractivity contribution in [3.05, 3.63) is 24.2 Å². The van der Waals surface area contributed by atoms with Crippen LogP contribution in [0.15, 0.2) is 27.8 Å². The maximum atomic E-state index is 5.28. The lowest BCUT2D eigenvalue weighted by Gasteiger charge is -2.11. The quantitative estimate of drug-likeness (QED) is 0.231. The molecule has 0 radical (unpaired) electrons. The number of guanidine groups is 1. The number of hydrogen-bond acceptors (Lipinski definition) is 4. The zero-order valence-corrected chi connectivity index (χ0v) is 17.5. The van der Waals surface area contributed by atoms with Crippen LogP contribution < -0.4 is 10.6 Å². The molecule has 0 bridgehead atoms. The van der Waals surface area contributed by atoms with Crippen LogP contribution in [0.2, 0.25) is 0 Å². The maximum absolute atomic E-state index is 5.28. The minimum Gasteiger partial charge on any atom is -0.461 e. The van der Waals surface area contributed by atoms with E-state index in [1.807, 2.05) is 12.1 Å². The highest BCUT2D eigenvalue weighted by Gasteiger charge is 2.08. The maximum Gasteiger partial charge on any atom is 0.216 e. The lowest BCUT2D eigenvalue weighted by Crippen LogP contribution is -2.38. The monoisotopic (exact) mass is 460 g/mol. The summed E-state index contributed by atoms with van der Waals surface area (Å²) >= 11 is 0. The zero-order chi connectivity index (χ0) is 17.2. The number of halogens is 1. The summed E-state index contributed by atoms with van der Waals surface area (Å²) in [5.74, 6) is 3.68. The van der Waals surface area contributed by atoms with Gasteiger partial charge in [-0.05, 0) is 24.5 Å². The largest absolute Gasteiger partial charge is 0.461 e. The van der Waals surface area contributed by atoms with Crippen LogP contribution in [0.4, 0.5) is 0 Å². The Labute approximate surface area is 166 Å². The molecule has 2 rings (SSSR count). The van der Waals surface area contributed by atoms with Gasteiger partial charge in [0.25, 0.3) is 0 Å². The second-order valence-corrected chi connectivity index (χ2v) is 6.15. The van der Waals surface area contributed by atoms with Crippen molar-refractivity contribution in [2.45, 2.75) is 39.5 Å². The van der Waals surface area contributed by atoms with Gasteiger partial charge in [0.05, 0.1) is 6.26 Å². The molecule has 0 aliphatic rings. The van der Waals surface area contributed by atoms with Crippen molar-refractivity contribution in [1.82, 2.24) is 25.8 Å². The number of H-pyrrole nitrogens is 1. The van der Waals surface area contributed by atoms with Gasteiger partial charge in [-0.25, -0.2) is 4.98 Å². The molecule has 0 saturated heterocycles. The summed E-state index contributed by atoms with van der Waals surface area (Å²) in [6.07, 6.45) is 6.03. The molecule has 0 saturated carbocycles. The van der Waals surface area contributed by atoms with Gasteiger partial charge >= 0.3 is 0 Å². The number of aromatic amines is 1. The number of unbranched alkanes of at least 4 members (excludes halogenated alkanes) is 1. The molecule has 0 spiro atoms. The van der Waals surface area contributed by atoms with Crippen molar-refractivity contribution in [3.8, 4) is 11.6 Å². The van der Waals surface area contributed by atoms with Gasteiger partial charge in [-0.1, -0.05) is 26.7 Å². The van der Waals surface area contributed by atoms with Crippen LogP contribution in [0.1, 0.15) is 38.9 Å². The van der Waals surface area contributed by atoms with E-state index in [0.717, 1.165) is 43.6 Å². The second-order valence-electron chi connectivity index (χ2n) is 6.15. The van der Waals surface area contributed by atoms with Crippen molar-refractivity contribution in [3.63, 3.8) is 0 Å². The minimum atomic E-state index is 0. The second kappa shape index (κ2) is 11.9. The fourth-order valence-electron chi connectivity index (χ4n) is 2.33. The lowest BCUT2D eigenvalue weighted by atomic mass is 10.1. The third-order valence-corrected chi connectivity index (χ3v) is 3.65. The molecular weight excluding hydrogens is 431 g/mol. The molecule has 2 heterocycles. The van der Waals surface area contributed by atoms with Crippen LogP contribution in [-0.2, 0) is 6.42 Å². The molecule has 2 aromatic rings. The Balaban J connectivity index is 0.00000312. The molecule has 0 unspecified atom stereocenters. The highest BCUT2D eigenvalue weighted by molar-refractivity contribution is 14.0. The molecule has 0 amide bonds. The van der Waals surface area contributed by atoms with Crippen molar-refractivity contribution in [1.29, 1.82) is 0 Å². The van der Waals surface area contributed by atoms with Gasteiger partial charge in [-0.15, -0.1) is 24.0 Å². The fourth-order valence-corrected chi connectivity index (χ4v) is 2.33. The van der Waals surface area contributed by atoms with Gasteiger partial charge < -0.3 is 15.1 Å². The zero-order valence-electron chi connectivity index (χ0n) is 15.2. The summed E-state index contributed by atoms with van der Waals surface area (Å²) in [6, 6.07) is 3.67. The summed E-state index contributed by atoms with van der Waals surface area (Å²) in [7, 11) is 1.78. The molecule has 7 nitrogen and oxygen atoms in total. The van der Waals surface area contributed by atoms with E-state index in [4.69, 9.17) is 4.42 Å². The summed E-state index contributed by atoms with van der Waals surface area (Å²) in [5, 5.41) is 13.7. The SMILES string of the molecule is CN=C(NCCCCC(C)C)NCCc1nc(-c2ccco2)n[nH]1.I. The number of nitrogens with zero attached hydrogens (tertiary/aromatic N) is 3. The number of aromatic nitrogens is 3. The summed E-state index contributed by atoms with van der Waals surface area (Å²) in [4.78, 5) is 8.65. The van der Waals surface area contributed by atoms with Crippen LogP contribution in [0.3, 0.4) is 0 Å². The molecule has 2 aromatic heterocycles. The number of rotatable bonds is 9. The van der Waals surface area contributed by atoms with Gasteiger partial charge in [0, 0.05) is 26.6 Å². The van der Waals surface area contributed by atoms with E-state index in [0.29, 0.717) is 11.6 Å². The molecule has 8 heteroatoms. The van der Waals surface area contributed by atoms with Crippen molar-refractivity contribution < 1.29 is 4.42 Å². The van der Waals surface area contributed by atoms with E-state index in [1.165, 1.54) is 12.8 Å². The lowest BCUT2D eigenvalue weighted by molar-refractivity contribution is 0.534. The third-order valence-electron chi connectivity index (χ3n) is 3.65. The first-order valence-corrected chi connectivity index (χ1v) is 8.58. The Bertz CT molecular complexity index is 608. The number of nitrogens with one attached hydrogen (secondary N) is 3. The van der Waals surface area contributed by atoms with Gasteiger partial charge in [0.15, 0.2) is 11.7 Å². The van der Waals surface area contributed by atoms with E-state index in [-0.39, 0.29) is 24.0 Å². The van der Waals surface area contributed by atoms with Crippen LogP contribution in [-0.4, -0.2) is 41.3 Å². The molecular formula is C17H29IN6O. The standard InChI is InChI=1S/C17H28N6O.HI/c1-13(2)7-4-5-10-19-17(18-3)20-11-9-15-21-16(23-22-15)14-8-6-12-24-14;/h6,8,12-13H,4-5,7,9-11H2,1-3H3,(H2,18,19,20)(H,21,22,23);1H. The first-order chi connectivity index (χ1) is 11.7. The Morgan fingerprint density at radius 2 is 2.08 bits per heavy atom. The normalized spacial score (nSPS) is 11.4. The third kappa shape index (κ3) is 7.89. The number of hydrogen-bond donors (Lipinski definition) is 3. The van der Waals surface area contributed by atoms with Crippen LogP contribution in [0, 0.1) is 5.92 Å². The molecule has 0 fully saturated rings. The predicted octanol–water partition coefficient (Wildman–Crippen LogP) is 3.22. The molecule has 140 valence electrons. The van der Waals surface area contributed by atoms with Gasteiger partial charge in [0.1, 0.15) is 5.82 Å². The van der Waals surface area contributed by atoms with Gasteiger partial charge in [-0.2, -0.15) is 5.10 Å². The van der Waals surface area contributed by atoms with Crippen LogP contribution in [0.5, 0.6) is 0 Å².